The van der Waals surface area contributed by atoms with Gasteiger partial charge >= 0.3 is 5.97 Å². The first-order valence-corrected chi connectivity index (χ1v) is 14.3. The summed E-state index contributed by atoms with van der Waals surface area (Å²) in [5, 5.41) is 7.94. The second kappa shape index (κ2) is 12.0. The fourth-order valence-corrected chi connectivity index (χ4v) is 5.09. The Kier molecular flexibility index (Phi) is 8.82. The molecule has 41 heavy (non-hydrogen) atoms. The van der Waals surface area contributed by atoms with Gasteiger partial charge in [-0.25, -0.2) is 10.4 Å². The van der Waals surface area contributed by atoms with Crippen molar-refractivity contribution in [1.82, 2.24) is 26.1 Å². The number of pyridine rings is 1. The molecule has 0 radical (unpaired) electrons. The minimum absolute atomic E-state index is 0.221. The van der Waals surface area contributed by atoms with Crippen LogP contribution in [-0.2, 0) is 23.9 Å². The molecule has 0 aliphatic carbocycles. The van der Waals surface area contributed by atoms with E-state index in [2.05, 4.69) is 16.1 Å². The molecule has 2 aliphatic rings. The van der Waals surface area contributed by atoms with E-state index in [-0.39, 0.29) is 17.7 Å². The molecule has 1 aromatic heterocycles. The van der Waals surface area contributed by atoms with Gasteiger partial charge in [0.05, 0.1) is 16.6 Å². The number of hydrogen-bond donors (Lipinski definition) is 3. The van der Waals surface area contributed by atoms with Crippen molar-refractivity contribution >= 4 is 40.7 Å². The standard InChI is InChI=1S/C31H41N5O5/c1-17(2)25-27(37)32-19(4)28(38)36-14-8-9-23(35-36)29(39)41-20(5)26-18(3)15-22-11-10-21(16-24(22)33-26)12-13-31(6,7)30(40)34-25/h10-13,15-17,19-20,23,25,35H,8-9,14H2,1-7H3,(H,32,37)(H,34,40)/t19?,20-,23+,25?/m1/s1. The first kappa shape index (κ1) is 30.2. The fraction of sp³-hybridized carbons (Fsp3) is 0.516. The Labute approximate surface area is 241 Å². The van der Waals surface area contributed by atoms with Crippen LogP contribution in [0.2, 0.25) is 0 Å². The van der Waals surface area contributed by atoms with Crippen LogP contribution in [0, 0.1) is 18.3 Å². The first-order chi connectivity index (χ1) is 19.3. The number of hydrogen-bond acceptors (Lipinski definition) is 7. The number of amides is 3. The van der Waals surface area contributed by atoms with Crippen LogP contribution in [0.3, 0.4) is 0 Å². The lowest BCUT2D eigenvalue weighted by Crippen LogP contribution is -2.61. The number of cyclic esters (lactones) is 1. The minimum Gasteiger partial charge on any atom is -0.455 e. The van der Waals surface area contributed by atoms with Crippen LogP contribution < -0.4 is 16.1 Å². The molecule has 0 spiro atoms. The Bertz CT molecular complexity index is 1380. The molecule has 1 fully saturated rings. The molecule has 2 aliphatic heterocycles. The molecule has 10 nitrogen and oxygen atoms in total. The summed E-state index contributed by atoms with van der Waals surface area (Å²) < 4.78 is 5.83. The van der Waals surface area contributed by atoms with Crippen molar-refractivity contribution < 1.29 is 23.9 Å². The number of carbonyl (C=O) groups excluding carboxylic acids is 4. The Morgan fingerprint density at radius 2 is 1.80 bits per heavy atom. The summed E-state index contributed by atoms with van der Waals surface area (Å²) in [5.41, 5.74) is 5.20. The van der Waals surface area contributed by atoms with Gasteiger partial charge in [-0.3, -0.25) is 24.2 Å². The topological polar surface area (TPSA) is 130 Å². The van der Waals surface area contributed by atoms with Crippen molar-refractivity contribution in [2.75, 3.05) is 6.54 Å². The van der Waals surface area contributed by atoms with Gasteiger partial charge in [0.2, 0.25) is 11.8 Å². The second-order valence-electron chi connectivity index (χ2n) is 12.0. The minimum atomic E-state index is -0.927. The number of fused-ring (bicyclic) bond motifs is 4. The molecule has 1 saturated heterocycles. The highest BCUT2D eigenvalue weighted by molar-refractivity contribution is 5.94. The SMILES string of the molecule is Cc1cc2ccc3cc2nc1[C@@H](C)OC(=O)[C@@H]1CCCN(N1)C(=O)C(C)NC(=O)C(C(C)C)NC(=O)C(C)(C)C=C3. The second-order valence-corrected chi connectivity index (χ2v) is 12.0. The van der Waals surface area contributed by atoms with Gasteiger partial charge in [-0.2, -0.15) is 0 Å². The van der Waals surface area contributed by atoms with E-state index >= 15 is 0 Å². The molecule has 0 saturated carbocycles. The molecule has 3 N–H and O–H groups in total. The van der Waals surface area contributed by atoms with E-state index in [1.807, 2.05) is 51.1 Å². The van der Waals surface area contributed by atoms with Gasteiger partial charge in [0.1, 0.15) is 24.2 Å². The molecule has 10 heteroatoms. The Morgan fingerprint density at radius 3 is 2.51 bits per heavy atom. The van der Waals surface area contributed by atoms with E-state index in [0.29, 0.717) is 25.1 Å². The van der Waals surface area contributed by atoms with E-state index in [4.69, 9.17) is 9.72 Å². The van der Waals surface area contributed by atoms with Gasteiger partial charge in [0.15, 0.2) is 0 Å². The largest absolute Gasteiger partial charge is 0.455 e. The maximum Gasteiger partial charge on any atom is 0.325 e. The zero-order valence-electron chi connectivity index (χ0n) is 24.9. The van der Waals surface area contributed by atoms with E-state index in [1.165, 1.54) is 5.01 Å². The van der Waals surface area contributed by atoms with Crippen molar-refractivity contribution in [3.05, 3.63) is 47.2 Å². The predicted molar refractivity (Wildman–Crippen MR) is 156 cm³/mol. The van der Waals surface area contributed by atoms with Crippen molar-refractivity contribution in [1.29, 1.82) is 0 Å². The monoisotopic (exact) mass is 563 g/mol. The number of esters is 1. The number of rotatable bonds is 1. The van der Waals surface area contributed by atoms with E-state index in [9.17, 15) is 19.2 Å². The molecule has 3 amide bonds. The van der Waals surface area contributed by atoms with Crippen molar-refractivity contribution in [3.8, 4) is 0 Å². The van der Waals surface area contributed by atoms with Gasteiger partial charge < -0.3 is 15.4 Å². The normalized spacial score (nSPS) is 26.1. The lowest BCUT2D eigenvalue weighted by atomic mass is 9.89. The van der Waals surface area contributed by atoms with Crippen LogP contribution >= 0.6 is 0 Å². The van der Waals surface area contributed by atoms with Crippen LogP contribution in [-0.4, -0.2) is 58.4 Å². The maximum absolute atomic E-state index is 13.3. The molecule has 220 valence electrons. The van der Waals surface area contributed by atoms with Crippen LogP contribution in [0.1, 0.15) is 77.3 Å². The number of carbonyl (C=O) groups is 4. The highest BCUT2D eigenvalue weighted by atomic mass is 16.5. The molecule has 5 bridgehead atoms. The number of benzene rings is 1. The number of ether oxygens (including phenoxy) is 1. The lowest BCUT2D eigenvalue weighted by molar-refractivity contribution is -0.157. The Hall–Kier alpha value is -3.79. The summed E-state index contributed by atoms with van der Waals surface area (Å²) in [5.74, 6) is -1.84. The molecule has 3 heterocycles. The van der Waals surface area contributed by atoms with Crippen LogP contribution in [0.15, 0.2) is 30.3 Å². The molecule has 2 unspecified atom stereocenters. The Morgan fingerprint density at radius 1 is 1.07 bits per heavy atom. The fourth-order valence-electron chi connectivity index (χ4n) is 5.09. The summed E-state index contributed by atoms with van der Waals surface area (Å²) in [6.45, 7) is 12.9. The molecular formula is C31H41N5O5. The summed E-state index contributed by atoms with van der Waals surface area (Å²) in [6, 6.07) is 5.43. The third-order valence-electron chi connectivity index (χ3n) is 7.73. The summed E-state index contributed by atoms with van der Waals surface area (Å²) in [7, 11) is 0. The van der Waals surface area contributed by atoms with Crippen LogP contribution in [0.25, 0.3) is 17.0 Å². The van der Waals surface area contributed by atoms with Crippen LogP contribution in [0.5, 0.6) is 0 Å². The quantitative estimate of drug-likeness (QED) is 0.454. The highest BCUT2D eigenvalue weighted by Crippen LogP contribution is 2.27. The van der Waals surface area contributed by atoms with Gasteiger partial charge in [-0.1, -0.05) is 38.1 Å². The first-order valence-electron chi connectivity index (χ1n) is 14.3. The molecular weight excluding hydrogens is 522 g/mol. The number of nitrogens with one attached hydrogen (secondary N) is 3. The van der Waals surface area contributed by atoms with E-state index < -0.39 is 41.5 Å². The zero-order valence-corrected chi connectivity index (χ0v) is 24.9. The van der Waals surface area contributed by atoms with Gasteiger partial charge in [0.25, 0.3) is 5.91 Å². The van der Waals surface area contributed by atoms with E-state index in [0.717, 1.165) is 22.0 Å². The number of aryl methyl sites for hydroxylation is 1. The zero-order chi connectivity index (χ0) is 30.1. The maximum atomic E-state index is 13.3. The van der Waals surface area contributed by atoms with Gasteiger partial charge in [0, 0.05) is 11.9 Å². The van der Waals surface area contributed by atoms with Crippen LogP contribution in [0.4, 0.5) is 0 Å². The van der Waals surface area contributed by atoms with Crippen molar-refractivity contribution in [3.63, 3.8) is 0 Å². The summed E-state index contributed by atoms with van der Waals surface area (Å²) >= 11 is 0. The summed E-state index contributed by atoms with van der Waals surface area (Å²) in [4.78, 5) is 57.8. The third-order valence-corrected chi connectivity index (χ3v) is 7.73. The molecule has 2 aromatic rings. The average Bonchev–Trinajstić information content (AvgIpc) is 2.93. The molecule has 1 aromatic carbocycles. The smallest absolute Gasteiger partial charge is 0.325 e. The number of aromatic nitrogens is 1. The van der Waals surface area contributed by atoms with Gasteiger partial charge in [-0.15, -0.1) is 0 Å². The van der Waals surface area contributed by atoms with E-state index in [1.54, 1.807) is 33.8 Å². The lowest BCUT2D eigenvalue weighted by Gasteiger charge is -2.35. The predicted octanol–water partition coefficient (Wildman–Crippen LogP) is 3.34. The Balaban J connectivity index is 1.73. The average molecular weight is 564 g/mol. The molecule has 4 atom stereocenters. The number of hydrazine groups is 1. The summed E-state index contributed by atoms with van der Waals surface area (Å²) in [6.07, 6.45) is 4.15. The third kappa shape index (κ3) is 6.75. The van der Waals surface area contributed by atoms with Crippen molar-refractivity contribution in [2.24, 2.45) is 11.3 Å². The number of nitrogens with zero attached hydrogens (tertiary/aromatic N) is 2. The van der Waals surface area contributed by atoms with Gasteiger partial charge in [-0.05, 0) is 76.6 Å². The highest BCUT2D eigenvalue weighted by Gasteiger charge is 2.35. The molecule has 4 rings (SSSR count). The van der Waals surface area contributed by atoms with Crippen molar-refractivity contribution in [2.45, 2.75) is 85.5 Å².